The first-order chi connectivity index (χ1) is 7.68. The summed E-state index contributed by atoms with van der Waals surface area (Å²) in [5, 5.41) is 2.52. The highest BCUT2D eigenvalue weighted by atomic mass is 32.2. The van der Waals surface area contributed by atoms with Crippen molar-refractivity contribution in [2.75, 3.05) is 25.4 Å². The number of rotatable bonds is 8. The first kappa shape index (κ1) is 16.3. The number of amides is 1. The lowest BCUT2D eigenvalue weighted by Crippen LogP contribution is -2.31. The summed E-state index contributed by atoms with van der Waals surface area (Å²) >= 11 is 0. The molecule has 0 unspecified atom stereocenters. The molecule has 0 heterocycles. The van der Waals surface area contributed by atoms with Crippen LogP contribution < -0.4 is 11.1 Å². The van der Waals surface area contributed by atoms with Gasteiger partial charge in [0.15, 0.2) is 0 Å². The van der Waals surface area contributed by atoms with Gasteiger partial charge in [-0.05, 0) is 13.0 Å². The molecule has 17 heavy (non-hydrogen) atoms. The van der Waals surface area contributed by atoms with Gasteiger partial charge in [0.25, 0.3) is 10.1 Å². The predicted molar refractivity (Wildman–Crippen MR) is 65.9 cm³/mol. The van der Waals surface area contributed by atoms with Crippen LogP contribution in [0.3, 0.4) is 0 Å². The highest BCUT2D eigenvalue weighted by Crippen LogP contribution is 2.14. The first-order valence-corrected chi connectivity index (χ1v) is 7.08. The Morgan fingerprint density at radius 1 is 1.41 bits per heavy atom. The van der Waals surface area contributed by atoms with Crippen LogP contribution in [0.25, 0.3) is 0 Å². The van der Waals surface area contributed by atoms with E-state index in [1.54, 1.807) is 0 Å². The van der Waals surface area contributed by atoms with E-state index >= 15 is 0 Å². The van der Waals surface area contributed by atoms with E-state index in [-0.39, 0.29) is 23.7 Å². The van der Waals surface area contributed by atoms with E-state index < -0.39 is 10.1 Å². The maximum Gasteiger partial charge on any atom is 0.267 e. The molecule has 102 valence electrons. The van der Waals surface area contributed by atoms with Crippen LogP contribution in [-0.4, -0.2) is 39.8 Å². The van der Waals surface area contributed by atoms with Gasteiger partial charge in [-0.2, -0.15) is 8.42 Å². The maximum atomic E-state index is 11.5. The molecule has 1 amide bonds. The summed E-state index contributed by atoms with van der Waals surface area (Å²) in [4.78, 5) is 10.6. The average molecular weight is 266 g/mol. The summed E-state index contributed by atoms with van der Waals surface area (Å²) in [6.07, 6.45) is 0.338. The molecule has 0 aliphatic heterocycles. The van der Waals surface area contributed by atoms with Gasteiger partial charge in [-0.1, -0.05) is 13.8 Å². The Labute approximate surface area is 103 Å². The van der Waals surface area contributed by atoms with E-state index in [1.165, 1.54) is 6.92 Å². The van der Waals surface area contributed by atoms with Crippen molar-refractivity contribution in [2.24, 2.45) is 11.1 Å². The minimum atomic E-state index is -3.53. The van der Waals surface area contributed by atoms with Crippen LogP contribution in [0.5, 0.6) is 0 Å². The second-order valence-corrected chi connectivity index (χ2v) is 6.49. The molecule has 0 atom stereocenters. The van der Waals surface area contributed by atoms with Crippen molar-refractivity contribution < 1.29 is 17.4 Å². The van der Waals surface area contributed by atoms with Crippen LogP contribution in [0, 0.1) is 5.41 Å². The van der Waals surface area contributed by atoms with Crippen molar-refractivity contribution in [3.8, 4) is 0 Å². The Bertz CT molecular complexity index is 338. The molecule has 0 aromatic rings. The van der Waals surface area contributed by atoms with E-state index in [2.05, 4.69) is 5.32 Å². The quantitative estimate of drug-likeness (QED) is 0.470. The third kappa shape index (κ3) is 9.08. The lowest BCUT2D eigenvalue weighted by atomic mass is 9.96. The Balaban J connectivity index is 3.93. The zero-order valence-electron chi connectivity index (χ0n) is 10.7. The Morgan fingerprint density at radius 3 is 2.47 bits per heavy atom. The van der Waals surface area contributed by atoms with Gasteiger partial charge in [-0.3, -0.25) is 8.98 Å². The van der Waals surface area contributed by atoms with Crippen LogP contribution >= 0.6 is 0 Å². The number of nitrogens with one attached hydrogen (secondary N) is 1. The molecule has 7 heteroatoms. The van der Waals surface area contributed by atoms with Crippen molar-refractivity contribution in [1.29, 1.82) is 0 Å². The van der Waals surface area contributed by atoms with Crippen LogP contribution in [0.1, 0.15) is 27.2 Å². The van der Waals surface area contributed by atoms with Gasteiger partial charge in [-0.25, -0.2) is 0 Å². The van der Waals surface area contributed by atoms with Crippen molar-refractivity contribution >= 4 is 16.0 Å². The van der Waals surface area contributed by atoms with Crippen LogP contribution in [0.2, 0.25) is 0 Å². The molecule has 3 N–H and O–H groups in total. The Kier molecular flexibility index (Phi) is 6.66. The van der Waals surface area contributed by atoms with E-state index in [1.807, 2.05) is 13.8 Å². The molecule has 0 spiro atoms. The Hall–Kier alpha value is -0.660. The molecular weight excluding hydrogens is 244 g/mol. The summed E-state index contributed by atoms with van der Waals surface area (Å²) in [7, 11) is -3.53. The molecule has 0 aromatic carbocycles. The largest absolute Gasteiger partial charge is 0.356 e. The highest BCUT2D eigenvalue weighted by Gasteiger charge is 2.20. The van der Waals surface area contributed by atoms with Gasteiger partial charge >= 0.3 is 0 Å². The molecule has 0 bridgehead atoms. The highest BCUT2D eigenvalue weighted by molar-refractivity contribution is 7.86. The van der Waals surface area contributed by atoms with Gasteiger partial charge in [0.05, 0.1) is 12.4 Å². The molecular formula is C10H22N2O4S. The zero-order valence-corrected chi connectivity index (χ0v) is 11.5. The number of carbonyl (C=O) groups excluding carboxylic acids is 1. The molecule has 0 aromatic heterocycles. The molecule has 0 radical (unpaired) electrons. The van der Waals surface area contributed by atoms with Gasteiger partial charge in [0, 0.05) is 18.9 Å². The lowest BCUT2D eigenvalue weighted by Gasteiger charge is -2.21. The summed E-state index contributed by atoms with van der Waals surface area (Å²) in [5.41, 5.74) is 5.11. The zero-order chi connectivity index (χ0) is 13.5. The van der Waals surface area contributed by atoms with Crippen LogP contribution in [0.4, 0.5) is 0 Å². The second kappa shape index (κ2) is 6.93. The SMILES string of the molecule is CC(=O)NCCCS(=O)(=O)OCC(C)(C)CN. The van der Waals surface area contributed by atoms with Gasteiger partial charge in [0.1, 0.15) is 0 Å². The topological polar surface area (TPSA) is 98.5 Å². The Morgan fingerprint density at radius 2 is 2.00 bits per heavy atom. The van der Waals surface area contributed by atoms with Crippen molar-refractivity contribution in [1.82, 2.24) is 5.32 Å². The summed E-state index contributed by atoms with van der Waals surface area (Å²) in [6, 6.07) is 0. The molecule has 0 fully saturated rings. The normalized spacial score (nSPS) is 12.5. The summed E-state index contributed by atoms with van der Waals surface area (Å²) in [6.45, 7) is 5.81. The molecule has 0 saturated heterocycles. The lowest BCUT2D eigenvalue weighted by molar-refractivity contribution is -0.118. The predicted octanol–water partition coefficient (Wildman–Crippen LogP) is -0.156. The number of carbonyl (C=O) groups is 1. The van der Waals surface area contributed by atoms with Crippen molar-refractivity contribution in [3.05, 3.63) is 0 Å². The molecule has 0 saturated carbocycles. The molecule has 0 rings (SSSR count). The minimum absolute atomic E-state index is 0.0754. The van der Waals surface area contributed by atoms with Gasteiger partial charge in [0.2, 0.25) is 5.91 Å². The fourth-order valence-corrected chi connectivity index (χ4v) is 1.99. The van der Waals surface area contributed by atoms with Crippen LogP contribution in [-0.2, 0) is 19.1 Å². The van der Waals surface area contributed by atoms with E-state index in [9.17, 15) is 13.2 Å². The summed E-state index contributed by atoms with van der Waals surface area (Å²) < 4.78 is 27.8. The third-order valence-corrected chi connectivity index (χ3v) is 3.39. The molecule has 0 aliphatic rings. The third-order valence-electron chi connectivity index (χ3n) is 2.13. The smallest absolute Gasteiger partial charge is 0.267 e. The molecule has 6 nitrogen and oxygen atoms in total. The standard InChI is InChI=1S/C10H22N2O4S/c1-9(13)12-5-4-6-17(14,15)16-8-10(2,3)7-11/h4-8,11H2,1-3H3,(H,12,13). The van der Waals surface area contributed by atoms with Crippen LogP contribution in [0.15, 0.2) is 0 Å². The number of nitrogens with two attached hydrogens (primary N) is 1. The fraction of sp³-hybridized carbons (Fsp3) is 0.900. The number of hydrogen-bond donors (Lipinski definition) is 2. The first-order valence-electron chi connectivity index (χ1n) is 5.50. The van der Waals surface area contributed by atoms with Crippen molar-refractivity contribution in [3.63, 3.8) is 0 Å². The van der Waals surface area contributed by atoms with Gasteiger partial charge in [-0.15, -0.1) is 0 Å². The molecule has 0 aliphatic carbocycles. The summed E-state index contributed by atoms with van der Waals surface area (Å²) in [5.74, 6) is -0.277. The maximum absolute atomic E-state index is 11.5. The second-order valence-electron chi connectivity index (χ2n) is 4.73. The average Bonchev–Trinajstić information content (AvgIpc) is 2.22. The van der Waals surface area contributed by atoms with E-state index in [0.29, 0.717) is 19.5 Å². The minimum Gasteiger partial charge on any atom is -0.356 e. The van der Waals surface area contributed by atoms with Crippen molar-refractivity contribution in [2.45, 2.75) is 27.2 Å². The monoisotopic (exact) mass is 266 g/mol. The van der Waals surface area contributed by atoms with Gasteiger partial charge < -0.3 is 11.1 Å². The number of hydrogen-bond acceptors (Lipinski definition) is 5. The van der Waals surface area contributed by atoms with E-state index in [4.69, 9.17) is 9.92 Å². The van der Waals surface area contributed by atoms with E-state index in [0.717, 1.165) is 0 Å². The fourth-order valence-electron chi connectivity index (χ4n) is 0.881.